The van der Waals surface area contributed by atoms with Crippen LogP contribution in [0.2, 0.25) is 0 Å². The molecule has 1 aliphatic rings. The van der Waals surface area contributed by atoms with Crippen molar-refractivity contribution >= 4 is 52.2 Å². The van der Waals surface area contributed by atoms with Crippen molar-refractivity contribution < 1.29 is 28.7 Å². The Morgan fingerprint density at radius 3 is 2.40 bits per heavy atom. The van der Waals surface area contributed by atoms with Crippen LogP contribution in [0.25, 0.3) is 6.08 Å². The molecule has 0 spiro atoms. The number of aryl methyl sites for hydroxylation is 2. The predicted molar refractivity (Wildman–Crippen MR) is 155 cm³/mol. The van der Waals surface area contributed by atoms with Crippen molar-refractivity contribution in [1.82, 2.24) is 4.90 Å². The zero-order chi connectivity index (χ0) is 28.6. The number of carbonyl (C=O) groups is 4. The summed E-state index contributed by atoms with van der Waals surface area (Å²) in [5, 5.41) is 4.98. The summed E-state index contributed by atoms with van der Waals surface area (Å²) in [7, 11) is 1.46. The molecule has 9 nitrogen and oxygen atoms in total. The number of hydrogen-bond acceptors (Lipinski definition) is 7. The van der Waals surface area contributed by atoms with Crippen molar-refractivity contribution in [3.63, 3.8) is 0 Å². The molecule has 0 atom stereocenters. The summed E-state index contributed by atoms with van der Waals surface area (Å²) < 4.78 is 11.1. The highest BCUT2D eigenvalue weighted by Crippen LogP contribution is 2.34. The number of thioether (sulfide) groups is 1. The topological polar surface area (TPSA) is 114 Å². The van der Waals surface area contributed by atoms with Crippen LogP contribution in [-0.2, 0) is 20.8 Å². The van der Waals surface area contributed by atoms with Crippen molar-refractivity contribution in [1.29, 1.82) is 0 Å². The van der Waals surface area contributed by atoms with E-state index in [-0.39, 0.29) is 17.4 Å². The maximum absolute atomic E-state index is 12.9. The summed E-state index contributed by atoms with van der Waals surface area (Å²) in [6.07, 6.45) is 2.46. The van der Waals surface area contributed by atoms with Crippen LogP contribution in [0.1, 0.15) is 23.6 Å². The number of nitrogens with zero attached hydrogens (tertiary/aromatic N) is 1. The van der Waals surface area contributed by atoms with Gasteiger partial charge < -0.3 is 20.1 Å². The van der Waals surface area contributed by atoms with E-state index in [0.717, 1.165) is 28.6 Å². The Morgan fingerprint density at radius 2 is 1.70 bits per heavy atom. The predicted octanol–water partition coefficient (Wildman–Crippen LogP) is 5.26. The highest BCUT2D eigenvalue weighted by molar-refractivity contribution is 8.18. The molecule has 0 bridgehead atoms. The van der Waals surface area contributed by atoms with E-state index in [2.05, 4.69) is 17.6 Å². The quantitative estimate of drug-likeness (QED) is 0.326. The largest absolute Gasteiger partial charge is 0.493 e. The van der Waals surface area contributed by atoms with Crippen LogP contribution in [-0.4, -0.2) is 48.1 Å². The van der Waals surface area contributed by atoms with E-state index >= 15 is 0 Å². The van der Waals surface area contributed by atoms with Gasteiger partial charge in [-0.15, -0.1) is 0 Å². The maximum atomic E-state index is 12.9. The number of methoxy groups -OCH3 is 1. The second-order valence-corrected chi connectivity index (χ2v) is 9.92. The Balaban J connectivity index is 1.37. The van der Waals surface area contributed by atoms with Crippen molar-refractivity contribution in [2.75, 3.05) is 30.9 Å². The molecule has 3 aromatic rings. The van der Waals surface area contributed by atoms with Gasteiger partial charge in [-0.3, -0.25) is 24.1 Å². The number of nitrogens with one attached hydrogen (secondary N) is 2. The van der Waals surface area contributed by atoms with Crippen molar-refractivity contribution in [2.45, 2.75) is 20.3 Å². The number of imide groups is 1. The monoisotopic (exact) mass is 559 g/mol. The van der Waals surface area contributed by atoms with Gasteiger partial charge in [0.2, 0.25) is 5.91 Å². The third kappa shape index (κ3) is 7.09. The number of anilines is 2. The number of rotatable bonds is 10. The molecule has 1 heterocycles. The van der Waals surface area contributed by atoms with E-state index in [1.54, 1.807) is 36.4 Å². The first-order valence-corrected chi connectivity index (χ1v) is 13.4. The molecule has 0 saturated carbocycles. The fourth-order valence-corrected chi connectivity index (χ4v) is 4.73. The average molecular weight is 560 g/mol. The van der Waals surface area contributed by atoms with Crippen LogP contribution in [0.3, 0.4) is 0 Å². The minimum atomic E-state index is -0.558. The Labute approximate surface area is 236 Å². The van der Waals surface area contributed by atoms with Gasteiger partial charge in [0.1, 0.15) is 6.54 Å². The SMILES string of the molecule is CCc1ccc(NC(=O)COc2ccc(/C=C3\SC(=O)N(CC(=O)Nc4ccccc4C)C3=O)cc2OC)cc1. The summed E-state index contributed by atoms with van der Waals surface area (Å²) >= 11 is 0.757. The molecule has 1 fully saturated rings. The zero-order valence-corrected chi connectivity index (χ0v) is 23.2. The molecule has 1 saturated heterocycles. The number of para-hydroxylation sites is 1. The molecule has 40 heavy (non-hydrogen) atoms. The molecular weight excluding hydrogens is 530 g/mol. The number of amides is 4. The highest BCUT2D eigenvalue weighted by atomic mass is 32.2. The molecule has 10 heteroatoms. The van der Waals surface area contributed by atoms with Crippen LogP contribution >= 0.6 is 11.8 Å². The van der Waals surface area contributed by atoms with E-state index in [1.165, 1.54) is 12.7 Å². The van der Waals surface area contributed by atoms with Gasteiger partial charge in [0.25, 0.3) is 17.1 Å². The van der Waals surface area contributed by atoms with Crippen molar-refractivity contribution in [3.8, 4) is 11.5 Å². The van der Waals surface area contributed by atoms with E-state index in [0.29, 0.717) is 28.4 Å². The minimum absolute atomic E-state index is 0.179. The first-order valence-electron chi connectivity index (χ1n) is 12.6. The fourth-order valence-electron chi connectivity index (χ4n) is 3.89. The van der Waals surface area contributed by atoms with Crippen LogP contribution < -0.4 is 20.1 Å². The molecule has 3 aromatic carbocycles. The third-order valence-corrected chi connectivity index (χ3v) is 6.99. The Morgan fingerprint density at radius 1 is 0.950 bits per heavy atom. The van der Waals surface area contributed by atoms with Gasteiger partial charge in [-0.2, -0.15) is 0 Å². The summed E-state index contributed by atoms with van der Waals surface area (Å²) in [5.41, 5.74) is 3.92. The van der Waals surface area contributed by atoms with E-state index in [1.807, 2.05) is 43.3 Å². The van der Waals surface area contributed by atoms with E-state index < -0.39 is 23.6 Å². The molecule has 0 aromatic heterocycles. The summed E-state index contributed by atoms with van der Waals surface area (Å²) in [6.45, 7) is 3.29. The van der Waals surface area contributed by atoms with Crippen LogP contribution in [0, 0.1) is 6.92 Å². The first-order chi connectivity index (χ1) is 19.3. The van der Waals surface area contributed by atoms with E-state index in [9.17, 15) is 19.2 Å². The summed E-state index contributed by atoms with van der Waals surface area (Å²) in [5.74, 6) is -0.654. The first kappa shape index (κ1) is 28.4. The molecule has 0 radical (unpaired) electrons. The summed E-state index contributed by atoms with van der Waals surface area (Å²) in [4.78, 5) is 51.3. The minimum Gasteiger partial charge on any atom is -0.493 e. The lowest BCUT2D eigenvalue weighted by Crippen LogP contribution is -2.36. The average Bonchev–Trinajstić information content (AvgIpc) is 3.21. The van der Waals surface area contributed by atoms with Crippen LogP contribution in [0.5, 0.6) is 11.5 Å². The second-order valence-electron chi connectivity index (χ2n) is 8.93. The van der Waals surface area contributed by atoms with Gasteiger partial charge in [-0.1, -0.05) is 43.3 Å². The smallest absolute Gasteiger partial charge is 0.294 e. The van der Waals surface area contributed by atoms with Crippen molar-refractivity contribution in [2.24, 2.45) is 0 Å². The standard InChI is InChI=1S/C30H29N3O6S/c1-4-20-9-12-22(13-10-20)31-28(35)18-39-24-14-11-21(15-25(24)38-3)16-26-29(36)33(30(37)40-26)17-27(34)32-23-8-6-5-7-19(23)2/h5-16H,4,17-18H2,1-3H3,(H,31,35)(H,32,34)/b26-16-. The normalized spacial score (nSPS) is 13.9. The number of benzene rings is 3. The molecule has 0 aliphatic carbocycles. The van der Waals surface area contributed by atoms with Gasteiger partial charge in [0.05, 0.1) is 12.0 Å². The van der Waals surface area contributed by atoms with Gasteiger partial charge in [-0.25, -0.2) is 0 Å². The summed E-state index contributed by atoms with van der Waals surface area (Å²) in [6, 6.07) is 19.8. The van der Waals surface area contributed by atoms with Gasteiger partial charge >= 0.3 is 0 Å². The highest BCUT2D eigenvalue weighted by Gasteiger charge is 2.36. The van der Waals surface area contributed by atoms with Gasteiger partial charge in [0, 0.05) is 11.4 Å². The lowest BCUT2D eigenvalue weighted by Gasteiger charge is -2.13. The van der Waals surface area contributed by atoms with Crippen LogP contribution in [0.4, 0.5) is 16.2 Å². The molecule has 2 N–H and O–H groups in total. The van der Waals surface area contributed by atoms with Gasteiger partial charge in [-0.05, 0) is 78.2 Å². The van der Waals surface area contributed by atoms with Crippen LogP contribution in [0.15, 0.2) is 71.6 Å². The molecule has 206 valence electrons. The molecule has 4 amide bonds. The Hall–Kier alpha value is -4.57. The molecule has 4 rings (SSSR count). The number of ether oxygens (including phenoxy) is 2. The van der Waals surface area contributed by atoms with Gasteiger partial charge in [0.15, 0.2) is 18.1 Å². The Bertz CT molecular complexity index is 1470. The number of carbonyl (C=O) groups excluding carboxylic acids is 4. The lowest BCUT2D eigenvalue weighted by molar-refractivity contribution is -0.127. The fraction of sp³-hybridized carbons (Fsp3) is 0.200. The van der Waals surface area contributed by atoms with Crippen molar-refractivity contribution in [3.05, 3.63) is 88.3 Å². The second kappa shape index (κ2) is 13.0. The Kier molecular flexibility index (Phi) is 9.23. The molecular formula is C30H29N3O6S. The zero-order valence-electron chi connectivity index (χ0n) is 22.4. The maximum Gasteiger partial charge on any atom is 0.294 e. The lowest BCUT2D eigenvalue weighted by atomic mass is 10.1. The number of hydrogen-bond donors (Lipinski definition) is 2. The third-order valence-electron chi connectivity index (χ3n) is 6.08. The van der Waals surface area contributed by atoms with E-state index in [4.69, 9.17) is 9.47 Å². The molecule has 0 unspecified atom stereocenters. The molecule has 1 aliphatic heterocycles.